The number of nitrogens with zero attached hydrogens (tertiary/aromatic N) is 2. The van der Waals surface area contributed by atoms with Crippen molar-refractivity contribution in [3.05, 3.63) is 29.8 Å². The fourth-order valence-corrected chi connectivity index (χ4v) is 7.09. The Kier molecular flexibility index (Phi) is 11.6. The van der Waals surface area contributed by atoms with Crippen molar-refractivity contribution in [1.29, 1.82) is 0 Å². The minimum Gasteiger partial charge on any atom is -0.362 e. The molecular formula is C18H30Cl2N5O4PS2. The summed E-state index contributed by atoms with van der Waals surface area (Å²) in [6.07, 6.45) is 1.46. The van der Waals surface area contributed by atoms with Crippen molar-refractivity contribution in [3.8, 4) is 0 Å². The molecule has 9 nitrogen and oxygen atoms in total. The Bertz CT molecular complexity index is 886. The summed E-state index contributed by atoms with van der Waals surface area (Å²) in [6.45, 7) is 3.55. The van der Waals surface area contributed by atoms with Gasteiger partial charge in [0, 0.05) is 51.0 Å². The van der Waals surface area contributed by atoms with Crippen LogP contribution in [-0.2, 0) is 25.5 Å². The van der Waals surface area contributed by atoms with Gasteiger partial charge >= 0.3 is 7.67 Å². The van der Waals surface area contributed by atoms with Crippen LogP contribution in [0.5, 0.6) is 0 Å². The van der Waals surface area contributed by atoms with Crippen LogP contribution in [-0.4, -0.2) is 80.5 Å². The number of hydrogen-bond acceptors (Lipinski definition) is 5. The first-order chi connectivity index (χ1) is 15.2. The average molecular weight is 546 g/mol. The summed E-state index contributed by atoms with van der Waals surface area (Å²) in [7, 11) is -6.85. The third kappa shape index (κ3) is 8.38. The fraction of sp³-hybridized carbons (Fsp3) is 0.611. The zero-order chi connectivity index (χ0) is 23.6. The number of halogens is 2. The predicted octanol–water partition coefficient (Wildman–Crippen LogP) is 1.95. The summed E-state index contributed by atoms with van der Waals surface area (Å²) >= 11 is 17.1. The number of alkyl halides is 2. The zero-order valence-corrected chi connectivity index (χ0v) is 21.8. The van der Waals surface area contributed by atoms with Gasteiger partial charge in [0.1, 0.15) is 0 Å². The number of thiocarbonyl (C=S) groups is 1. The van der Waals surface area contributed by atoms with Gasteiger partial charge in [-0.25, -0.2) is 22.9 Å². The first-order valence-electron chi connectivity index (χ1n) is 10.2. The molecule has 1 unspecified atom stereocenters. The molecule has 0 amide bonds. The van der Waals surface area contributed by atoms with Crippen LogP contribution < -0.4 is 15.8 Å². The van der Waals surface area contributed by atoms with Gasteiger partial charge in [-0.2, -0.15) is 0 Å². The standard InChI is InChI=1S/C18H30Cl2N5O4PS2/c19-7-12-25(13-8-20)30(26)24(11-1-15-29-30)14-10-23-18(31)22-9-6-16-2-4-17(5-3-16)32(21,27)28/h2-5H,1,6-15H2,(H2,21,27,28)(H2,22,23,31). The number of benzene rings is 1. The van der Waals surface area contributed by atoms with Crippen LogP contribution in [0.2, 0.25) is 0 Å². The molecule has 1 heterocycles. The van der Waals surface area contributed by atoms with Gasteiger partial charge in [0.25, 0.3) is 0 Å². The van der Waals surface area contributed by atoms with Crippen molar-refractivity contribution in [3.63, 3.8) is 0 Å². The molecule has 1 aromatic carbocycles. The smallest absolute Gasteiger partial charge is 0.346 e. The number of nitrogens with one attached hydrogen (secondary N) is 2. The highest BCUT2D eigenvalue weighted by Crippen LogP contribution is 2.55. The minimum absolute atomic E-state index is 0.0843. The Hall–Kier alpha value is -0.490. The van der Waals surface area contributed by atoms with E-state index in [4.69, 9.17) is 45.1 Å². The summed E-state index contributed by atoms with van der Waals surface area (Å²) < 4.78 is 45.4. The SMILES string of the molecule is NS(=O)(=O)c1ccc(CCNC(=S)NCCN2CCCOP2(=O)N(CCCl)CCCl)cc1. The maximum Gasteiger partial charge on any atom is 0.346 e. The van der Waals surface area contributed by atoms with E-state index in [9.17, 15) is 13.0 Å². The van der Waals surface area contributed by atoms with Crippen LogP contribution >= 0.6 is 43.1 Å². The minimum atomic E-state index is -3.69. The second-order valence-corrected chi connectivity index (χ2v) is 12.2. The number of primary sulfonamides is 1. The van der Waals surface area contributed by atoms with Crippen molar-refractivity contribution < 1.29 is 17.5 Å². The highest BCUT2D eigenvalue weighted by Gasteiger charge is 2.40. The van der Waals surface area contributed by atoms with Gasteiger partial charge in [0.05, 0.1) is 11.5 Å². The molecule has 1 saturated heterocycles. The van der Waals surface area contributed by atoms with Crippen LogP contribution in [0.4, 0.5) is 0 Å². The van der Waals surface area contributed by atoms with E-state index in [0.29, 0.717) is 69.2 Å². The van der Waals surface area contributed by atoms with E-state index in [-0.39, 0.29) is 4.90 Å². The van der Waals surface area contributed by atoms with E-state index >= 15 is 0 Å². The summed E-state index contributed by atoms with van der Waals surface area (Å²) in [5.41, 5.74) is 0.956. The van der Waals surface area contributed by atoms with Gasteiger partial charge in [0.2, 0.25) is 10.0 Å². The summed E-state index contributed by atoms with van der Waals surface area (Å²) in [5.74, 6) is 0.685. The van der Waals surface area contributed by atoms with Crippen LogP contribution in [0.1, 0.15) is 12.0 Å². The molecule has 32 heavy (non-hydrogen) atoms. The van der Waals surface area contributed by atoms with Crippen molar-refractivity contribution in [2.24, 2.45) is 5.14 Å². The number of rotatable bonds is 12. The Morgan fingerprint density at radius 2 is 1.81 bits per heavy atom. The highest BCUT2D eigenvalue weighted by atomic mass is 35.5. The molecule has 1 aliphatic heterocycles. The molecule has 182 valence electrons. The molecule has 1 aliphatic rings. The van der Waals surface area contributed by atoms with E-state index in [1.807, 2.05) is 4.67 Å². The summed E-state index contributed by atoms with van der Waals surface area (Å²) in [5, 5.41) is 11.8. The lowest BCUT2D eigenvalue weighted by molar-refractivity contribution is 0.169. The molecule has 1 atom stereocenters. The molecule has 0 aromatic heterocycles. The molecule has 2 rings (SSSR count). The lowest BCUT2D eigenvalue weighted by Gasteiger charge is -2.40. The maximum atomic E-state index is 13.5. The number of hydrogen-bond donors (Lipinski definition) is 3. The molecule has 1 aromatic rings. The molecular weight excluding hydrogens is 516 g/mol. The quantitative estimate of drug-likeness (QED) is 0.206. The van der Waals surface area contributed by atoms with Crippen molar-refractivity contribution >= 4 is 58.2 Å². The topological polar surface area (TPSA) is 117 Å². The van der Waals surface area contributed by atoms with Gasteiger partial charge < -0.3 is 15.2 Å². The normalized spacial score (nSPS) is 19.8. The van der Waals surface area contributed by atoms with Gasteiger partial charge in [-0.1, -0.05) is 12.1 Å². The third-order valence-corrected chi connectivity index (χ3v) is 9.13. The van der Waals surface area contributed by atoms with Crippen molar-refractivity contribution in [2.45, 2.75) is 17.7 Å². The lowest BCUT2D eigenvalue weighted by atomic mass is 10.1. The maximum absolute atomic E-state index is 13.5. The van der Waals surface area contributed by atoms with E-state index in [0.717, 1.165) is 12.0 Å². The Balaban J connectivity index is 1.78. The first kappa shape index (κ1) is 27.8. The number of nitrogens with two attached hydrogens (primary N) is 1. The van der Waals surface area contributed by atoms with Gasteiger partial charge in [0.15, 0.2) is 5.11 Å². The van der Waals surface area contributed by atoms with Crippen LogP contribution in [0, 0.1) is 0 Å². The molecule has 0 bridgehead atoms. The molecule has 0 aliphatic carbocycles. The molecule has 14 heteroatoms. The molecule has 1 fully saturated rings. The summed E-state index contributed by atoms with van der Waals surface area (Å²) in [6, 6.07) is 6.41. The average Bonchev–Trinajstić information content (AvgIpc) is 2.75. The van der Waals surface area contributed by atoms with Gasteiger partial charge in [-0.05, 0) is 42.8 Å². The fourth-order valence-electron chi connectivity index (χ4n) is 3.22. The molecule has 0 radical (unpaired) electrons. The first-order valence-corrected chi connectivity index (χ1v) is 14.8. The molecule has 4 N–H and O–H groups in total. The second-order valence-electron chi connectivity index (χ2n) is 7.08. The second kappa shape index (κ2) is 13.4. The Morgan fingerprint density at radius 3 is 2.41 bits per heavy atom. The highest BCUT2D eigenvalue weighted by molar-refractivity contribution is 7.89. The largest absolute Gasteiger partial charge is 0.362 e. The monoisotopic (exact) mass is 545 g/mol. The zero-order valence-electron chi connectivity index (χ0n) is 17.7. The van der Waals surface area contributed by atoms with Crippen LogP contribution in [0.25, 0.3) is 0 Å². The van der Waals surface area contributed by atoms with E-state index in [2.05, 4.69) is 10.6 Å². The molecule has 0 saturated carbocycles. The van der Waals surface area contributed by atoms with Crippen LogP contribution in [0.15, 0.2) is 29.2 Å². The van der Waals surface area contributed by atoms with E-state index in [1.165, 1.54) is 12.1 Å². The Morgan fingerprint density at radius 1 is 1.19 bits per heavy atom. The molecule has 0 spiro atoms. The van der Waals surface area contributed by atoms with Crippen LogP contribution in [0.3, 0.4) is 0 Å². The van der Waals surface area contributed by atoms with E-state index in [1.54, 1.807) is 16.8 Å². The van der Waals surface area contributed by atoms with Gasteiger partial charge in [-0.3, -0.25) is 4.57 Å². The van der Waals surface area contributed by atoms with Gasteiger partial charge in [-0.15, -0.1) is 23.2 Å². The van der Waals surface area contributed by atoms with E-state index < -0.39 is 17.7 Å². The lowest BCUT2D eigenvalue weighted by Crippen LogP contribution is -2.44. The van der Waals surface area contributed by atoms with Crippen molar-refractivity contribution in [2.75, 3.05) is 57.6 Å². The van der Waals surface area contributed by atoms with Crippen molar-refractivity contribution in [1.82, 2.24) is 20.0 Å². The number of sulfonamides is 1. The third-order valence-electron chi connectivity index (χ3n) is 4.83. The predicted molar refractivity (Wildman–Crippen MR) is 133 cm³/mol. The summed E-state index contributed by atoms with van der Waals surface area (Å²) in [4.78, 5) is 0.0843. The Labute approximate surface area is 205 Å².